The van der Waals surface area contributed by atoms with Gasteiger partial charge in [0, 0.05) is 12.4 Å². The Hall–Kier alpha value is -0.850. The van der Waals surface area contributed by atoms with E-state index in [1.54, 1.807) is 0 Å². The highest BCUT2D eigenvalue weighted by Gasteiger charge is 1.91. The SMILES string of the molecule is CCCC[CH]Cc1cccnc1. The van der Waals surface area contributed by atoms with Crippen LogP contribution in [0.3, 0.4) is 0 Å². The molecule has 0 saturated heterocycles. The van der Waals surface area contributed by atoms with Crippen LogP contribution in [0.4, 0.5) is 0 Å². The second-order valence-corrected chi connectivity index (χ2v) is 3.00. The summed E-state index contributed by atoms with van der Waals surface area (Å²) in [4.78, 5) is 4.06. The lowest BCUT2D eigenvalue weighted by Crippen LogP contribution is -1.86. The zero-order valence-corrected chi connectivity index (χ0v) is 7.66. The van der Waals surface area contributed by atoms with E-state index in [0.717, 1.165) is 6.42 Å². The van der Waals surface area contributed by atoms with Crippen molar-refractivity contribution in [2.45, 2.75) is 32.6 Å². The van der Waals surface area contributed by atoms with E-state index in [4.69, 9.17) is 0 Å². The van der Waals surface area contributed by atoms with E-state index in [2.05, 4.69) is 24.4 Å². The number of hydrogen-bond donors (Lipinski definition) is 0. The normalized spacial score (nSPS) is 10.1. The topological polar surface area (TPSA) is 12.9 Å². The van der Waals surface area contributed by atoms with Crippen LogP contribution in [0, 0.1) is 6.42 Å². The van der Waals surface area contributed by atoms with Crippen LogP contribution >= 0.6 is 0 Å². The molecule has 0 saturated carbocycles. The maximum atomic E-state index is 4.06. The van der Waals surface area contributed by atoms with Crippen molar-refractivity contribution < 1.29 is 0 Å². The molecular formula is C11H16N. The van der Waals surface area contributed by atoms with Crippen molar-refractivity contribution in [2.24, 2.45) is 0 Å². The van der Waals surface area contributed by atoms with Gasteiger partial charge in [-0.2, -0.15) is 0 Å². The molecule has 0 aliphatic heterocycles. The van der Waals surface area contributed by atoms with Crippen molar-refractivity contribution in [3.05, 3.63) is 36.5 Å². The van der Waals surface area contributed by atoms with Gasteiger partial charge in [-0.3, -0.25) is 4.98 Å². The monoisotopic (exact) mass is 162 g/mol. The van der Waals surface area contributed by atoms with E-state index in [1.807, 2.05) is 18.5 Å². The van der Waals surface area contributed by atoms with Crippen LogP contribution in [0.25, 0.3) is 0 Å². The first-order chi connectivity index (χ1) is 5.93. The van der Waals surface area contributed by atoms with Crippen molar-refractivity contribution in [3.63, 3.8) is 0 Å². The van der Waals surface area contributed by atoms with Crippen molar-refractivity contribution in [3.8, 4) is 0 Å². The molecule has 0 aliphatic rings. The Morgan fingerprint density at radius 1 is 1.50 bits per heavy atom. The molecule has 1 aromatic rings. The van der Waals surface area contributed by atoms with Crippen LogP contribution in [-0.4, -0.2) is 4.98 Å². The molecule has 1 radical (unpaired) electrons. The third kappa shape index (κ3) is 3.51. The van der Waals surface area contributed by atoms with Gasteiger partial charge in [-0.05, 0) is 30.9 Å². The number of nitrogens with zero attached hydrogens (tertiary/aromatic N) is 1. The smallest absolute Gasteiger partial charge is 0.0299 e. The molecule has 0 aromatic carbocycles. The van der Waals surface area contributed by atoms with Gasteiger partial charge in [0.1, 0.15) is 0 Å². The van der Waals surface area contributed by atoms with Gasteiger partial charge in [0.15, 0.2) is 0 Å². The molecule has 0 fully saturated rings. The van der Waals surface area contributed by atoms with Crippen molar-refractivity contribution in [1.82, 2.24) is 4.98 Å². The molecule has 1 heteroatoms. The van der Waals surface area contributed by atoms with Gasteiger partial charge in [-0.1, -0.05) is 25.8 Å². The van der Waals surface area contributed by atoms with E-state index >= 15 is 0 Å². The van der Waals surface area contributed by atoms with Crippen molar-refractivity contribution in [1.29, 1.82) is 0 Å². The number of rotatable bonds is 5. The summed E-state index contributed by atoms with van der Waals surface area (Å²) >= 11 is 0. The van der Waals surface area contributed by atoms with Crippen LogP contribution in [0.2, 0.25) is 0 Å². The predicted molar refractivity (Wildman–Crippen MR) is 51.8 cm³/mol. The summed E-state index contributed by atoms with van der Waals surface area (Å²) in [6.07, 6.45) is 11.0. The second-order valence-electron chi connectivity index (χ2n) is 3.00. The zero-order chi connectivity index (χ0) is 8.65. The fourth-order valence-corrected chi connectivity index (χ4v) is 1.14. The minimum absolute atomic E-state index is 1.06. The van der Waals surface area contributed by atoms with Gasteiger partial charge in [0.25, 0.3) is 0 Å². The summed E-state index contributed by atoms with van der Waals surface area (Å²) in [6.45, 7) is 2.22. The molecule has 65 valence electrons. The van der Waals surface area contributed by atoms with Crippen LogP contribution in [0.15, 0.2) is 24.5 Å². The second kappa shape index (κ2) is 5.76. The first-order valence-corrected chi connectivity index (χ1v) is 4.64. The molecule has 0 atom stereocenters. The molecule has 1 aromatic heterocycles. The Morgan fingerprint density at radius 3 is 3.08 bits per heavy atom. The molecule has 0 unspecified atom stereocenters. The van der Waals surface area contributed by atoms with Gasteiger partial charge < -0.3 is 0 Å². The highest BCUT2D eigenvalue weighted by Crippen LogP contribution is 2.04. The lowest BCUT2D eigenvalue weighted by molar-refractivity contribution is 0.766. The standard InChI is InChI=1S/C11H16N/c1-2-3-4-5-7-11-8-6-9-12-10-11/h5-6,8-10H,2-4,7H2,1H3. The lowest BCUT2D eigenvalue weighted by atomic mass is 10.1. The molecular weight excluding hydrogens is 146 g/mol. The zero-order valence-electron chi connectivity index (χ0n) is 7.66. The van der Waals surface area contributed by atoms with Crippen LogP contribution in [0.1, 0.15) is 31.7 Å². The fraction of sp³-hybridized carbons (Fsp3) is 0.455. The quantitative estimate of drug-likeness (QED) is 0.606. The third-order valence-electron chi connectivity index (χ3n) is 1.86. The fourth-order valence-electron chi connectivity index (χ4n) is 1.14. The number of pyridine rings is 1. The largest absolute Gasteiger partial charge is 0.264 e. The maximum Gasteiger partial charge on any atom is 0.0299 e. The van der Waals surface area contributed by atoms with Gasteiger partial charge in [0.2, 0.25) is 0 Å². The van der Waals surface area contributed by atoms with Crippen LogP contribution in [-0.2, 0) is 6.42 Å². The number of hydrogen-bond acceptors (Lipinski definition) is 1. The van der Waals surface area contributed by atoms with Gasteiger partial charge in [0.05, 0.1) is 0 Å². The molecule has 1 heterocycles. The minimum atomic E-state index is 1.06. The summed E-state index contributed by atoms with van der Waals surface area (Å²) in [5, 5.41) is 0. The number of aromatic nitrogens is 1. The van der Waals surface area contributed by atoms with E-state index in [0.29, 0.717) is 0 Å². The molecule has 1 rings (SSSR count). The van der Waals surface area contributed by atoms with Gasteiger partial charge >= 0.3 is 0 Å². The summed E-state index contributed by atoms with van der Waals surface area (Å²) < 4.78 is 0. The highest BCUT2D eigenvalue weighted by molar-refractivity contribution is 5.10. The average Bonchev–Trinajstić information content (AvgIpc) is 2.14. The van der Waals surface area contributed by atoms with Crippen molar-refractivity contribution >= 4 is 0 Å². The van der Waals surface area contributed by atoms with Gasteiger partial charge in [-0.15, -0.1) is 0 Å². The minimum Gasteiger partial charge on any atom is -0.264 e. The third-order valence-corrected chi connectivity index (χ3v) is 1.86. The Balaban J connectivity index is 2.16. The maximum absolute atomic E-state index is 4.06. The van der Waals surface area contributed by atoms with E-state index in [1.165, 1.54) is 24.8 Å². The molecule has 0 amide bonds. The molecule has 1 nitrogen and oxygen atoms in total. The Bertz CT molecular complexity index is 193. The Morgan fingerprint density at radius 2 is 2.42 bits per heavy atom. The first kappa shape index (κ1) is 9.24. The summed E-state index contributed by atoms with van der Waals surface area (Å²) in [5.41, 5.74) is 1.31. The van der Waals surface area contributed by atoms with Crippen LogP contribution < -0.4 is 0 Å². The highest BCUT2D eigenvalue weighted by atomic mass is 14.6. The summed E-state index contributed by atoms with van der Waals surface area (Å²) in [5.74, 6) is 0. The van der Waals surface area contributed by atoms with Crippen molar-refractivity contribution in [2.75, 3.05) is 0 Å². The van der Waals surface area contributed by atoms with E-state index in [9.17, 15) is 0 Å². The lowest BCUT2D eigenvalue weighted by Gasteiger charge is -1.98. The van der Waals surface area contributed by atoms with Crippen LogP contribution in [0.5, 0.6) is 0 Å². The molecule has 12 heavy (non-hydrogen) atoms. The van der Waals surface area contributed by atoms with E-state index < -0.39 is 0 Å². The molecule has 0 N–H and O–H groups in total. The number of unbranched alkanes of at least 4 members (excludes halogenated alkanes) is 3. The first-order valence-electron chi connectivity index (χ1n) is 4.64. The molecule has 0 spiro atoms. The van der Waals surface area contributed by atoms with Gasteiger partial charge in [-0.25, -0.2) is 0 Å². The Kier molecular flexibility index (Phi) is 4.43. The summed E-state index contributed by atoms with van der Waals surface area (Å²) in [6, 6.07) is 4.11. The summed E-state index contributed by atoms with van der Waals surface area (Å²) in [7, 11) is 0. The predicted octanol–water partition coefficient (Wildman–Crippen LogP) is 3.02. The Labute approximate surface area is 74.8 Å². The van der Waals surface area contributed by atoms with E-state index in [-0.39, 0.29) is 0 Å². The molecule has 0 aliphatic carbocycles. The molecule has 0 bridgehead atoms. The average molecular weight is 162 g/mol.